The van der Waals surface area contributed by atoms with Crippen LogP contribution < -0.4 is 9.80 Å². The Balaban J connectivity index is 1.32. The van der Waals surface area contributed by atoms with Crippen LogP contribution in [0.3, 0.4) is 0 Å². The predicted molar refractivity (Wildman–Crippen MR) is 171 cm³/mol. The number of nitrogens with zero attached hydrogens (tertiary/aromatic N) is 2. The maximum Gasteiger partial charge on any atom is 0.123 e. The summed E-state index contributed by atoms with van der Waals surface area (Å²) in [4.78, 5) is 4.25. The van der Waals surface area contributed by atoms with Gasteiger partial charge >= 0.3 is 0 Å². The van der Waals surface area contributed by atoms with E-state index in [1.165, 1.54) is 24.3 Å². The fraction of sp³-hybridized carbons (Fsp3) is 0.0526. The third kappa shape index (κ3) is 5.79. The Morgan fingerprint density at radius 3 is 0.976 bits per heavy atom. The van der Waals surface area contributed by atoms with Crippen molar-refractivity contribution in [3.8, 4) is 11.1 Å². The molecule has 0 aromatic heterocycles. The van der Waals surface area contributed by atoms with Crippen molar-refractivity contribution in [2.24, 2.45) is 0 Å². The van der Waals surface area contributed by atoms with Crippen LogP contribution in [0.25, 0.3) is 11.1 Å². The van der Waals surface area contributed by atoms with Gasteiger partial charge in [0, 0.05) is 34.1 Å². The molecule has 42 heavy (non-hydrogen) atoms. The first-order valence-electron chi connectivity index (χ1n) is 13.9. The molecule has 206 valence electrons. The molecule has 0 aliphatic heterocycles. The molecular weight excluding hydrogens is 522 g/mol. The first-order chi connectivity index (χ1) is 20.4. The van der Waals surface area contributed by atoms with E-state index in [4.69, 9.17) is 0 Å². The van der Waals surface area contributed by atoms with Crippen molar-refractivity contribution in [3.05, 3.63) is 168 Å². The highest BCUT2D eigenvalue weighted by Gasteiger charge is 2.15. The molecule has 4 heteroatoms. The van der Waals surface area contributed by atoms with Crippen molar-refractivity contribution in [3.63, 3.8) is 0 Å². The van der Waals surface area contributed by atoms with Crippen LogP contribution in [0.2, 0.25) is 0 Å². The maximum absolute atomic E-state index is 13.7. The van der Waals surface area contributed by atoms with Crippen molar-refractivity contribution in [1.82, 2.24) is 0 Å². The van der Waals surface area contributed by atoms with E-state index in [0.717, 1.165) is 56.4 Å². The SMILES string of the molecule is Cc1cccc(N(c2ccc(F)cc2)c2ccc(-c3ccc(N(c4ccc(F)cc4)c4cccc(C)c4)cc3)cc2)c1. The minimum Gasteiger partial charge on any atom is -0.310 e. The summed E-state index contributed by atoms with van der Waals surface area (Å²) in [5, 5.41) is 0. The Bertz CT molecular complexity index is 1660. The normalized spacial score (nSPS) is 10.9. The summed E-state index contributed by atoms with van der Waals surface area (Å²) < 4.78 is 27.5. The number of benzene rings is 6. The zero-order valence-electron chi connectivity index (χ0n) is 23.5. The second kappa shape index (κ2) is 11.7. The summed E-state index contributed by atoms with van der Waals surface area (Å²) in [6, 6.07) is 46.5. The van der Waals surface area contributed by atoms with Gasteiger partial charge in [-0.25, -0.2) is 8.78 Å². The highest BCUT2D eigenvalue weighted by molar-refractivity contribution is 5.80. The third-order valence-electron chi connectivity index (χ3n) is 7.27. The standard InChI is InChI=1S/C38H30F2N2/c1-27-5-3-7-37(25-27)41(35-21-13-31(39)14-22-35)33-17-9-29(10-18-33)30-11-19-34(20-12-30)42(36-23-15-32(40)16-24-36)38-8-4-6-28(2)26-38/h3-26H,1-2H3. The Morgan fingerprint density at radius 2 is 0.667 bits per heavy atom. The van der Waals surface area contributed by atoms with Gasteiger partial charge in [0.1, 0.15) is 11.6 Å². The summed E-state index contributed by atoms with van der Waals surface area (Å²) in [7, 11) is 0. The summed E-state index contributed by atoms with van der Waals surface area (Å²) in [5.74, 6) is -0.524. The number of anilines is 6. The van der Waals surface area contributed by atoms with Crippen LogP contribution in [0.1, 0.15) is 11.1 Å². The molecule has 6 aromatic carbocycles. The minimum atomic E-state index is -0.262. The van der Waals surface area contributed by atoms with Crippen LogP contribution in [0.15, 0.2) is 146 Å². The van der Waals surface area contributed by atoms with E-state index in [0.29, 0.717) is 0 Å². The van der Waals surface area contributed by atoms with E-state index < -0.39 is 0 Å². The van der Waals surface area contributed by atoms with Gasteiger partial charge in [-0.1, -0.05) is 48.5 Å². The average molecular weight is 553 g/mol. The van der Waals surface area contributed by atoms with Crippen LogP contribution in [0, 0.1) is 25.5 Å². The van der Waals surface area contributed by atoms with E-state index in [2.05, 4.69) is 109 Å². The number of rotatable bonds is 7. The number of halogens is 2. The Labute approximate surface area is 245 Å². The fourth-order valence-corrected chi connectivity index (χ4v) is 5.21. The predicted octanol–water partition coefficient (Wildman–Crippen LogP) is 11.2. The second-order valence-electron chi connectivity index (χ2n) is 10.4. The van der Waals surface area contributed by atoms with Crippen LogP contribution in [0.5, 0.6) is 0 Å². The van der Waals surface area contributed by atoms with E-state index in [1.54, 1.807) is 24.3 Å². The molecule has 0 aliphatic carbocycles. The summed E-state index contributed by atoms with van der Waals surface area (Å²) >= 11 is 0. The van der Waals surface area contributed by atoms with Gasteiger partial charge in [0.05, 0.1) is 0 Å². The van der Waals surface area contributed by atoms with Crippen molar-refractivity contribution >= 4 is 34.1 Å². The Morgan fingerprint density at radius 1 is 0.357 bits per heavy atom. The molecule has 0 amide bonds. The van der Waals surface area contributed by atoms with Crippen molar-refractivity contribution in [2.75, 3.05) is 9.80 Å². The summed E-state index contributed by atoms with van der Waals surface area (Å²) in [6.45, 7) is 4.13. The van der Waals surface area contributed by atoms with E-state index >= 15 is 0 Å². The van der Waals surface area contributed by atoms with E-state index in [1.807, 2.05) is 12.1 Å². The zero-order valence-corrected chi connectivity index (χ0v) is 23.5. The molecule has 0 saturated heterocycles. The van der Waals surface area contributed by atoms with Gasteiger partial charge < -0.3 is 9.80 Å². The molecule has 2 nitrogen and oxygen atoms in total. The van der Waals surface area contributed by atoms with Gasteiger partial charge in [-0.05, 0) is 133 Å². The molecule has 0 spiro atoms. The third-order valence-corrected chi connectivity index (χ3v) is 7.27. The number of hydrogen-bond donors (Lipinski definition) is 0. The first kappa shape index (κ1) is 27.0. The van der Waals surface area contributed by atoms with Gasteiger partial charge in [-0.3, -0.25) is 0 Å². The Hall–Kier alpha value is -5.22. The number of hydrogen-bond acceptors (Lipinski definition) is 2. The molecule has 0 bridgehead atoms. The van der Waals surface area contributed by atoms with Crippen molar-refractivity contribution in [1.29, 1.82) is 0 Å². The van der Waals surface area contributed by atoms with Crippen molar-refractivity contribution < 1.29 is 8.78 Å². The molecule has 6 rings (SSSR count). The largest absolute Gasteiger partial charge is 0.310 e. The lowest BCUT2D eigenvalue weighted by molar-refractivity contribution is 0.627. The van der Waals surface area contributed by atoms with Gasteiger partial charge in [-0.2, -0.15) is 0 Å². The van der Waals surface area contributed by atoms with Gasteiger partial charge in [0.2, 0.25) is 0 Å². The molecule has 6 aromatic rings. The van der Waals surface area contributed by atoms with Crippen LogP contribution in [0.4, 0.5) is 42.9 Å². The molecule has 0 N–H and O–H groups in total. The zero-order chi connectivity index (χ0) is 29.1. The fourth-order valence-electron chi connectivity index (χ4n) is 5.21. The molecule has 0 aliphatic rings. The highest BCUT2D eigenvalue weighted by Crippen LogP contribution is 2.38. The van der Waals surface area contributed by atoms with Crippen LogP contribution in [-0.4, -0.2) is 0 Å². The quantitative estimate of drug-likeness (QED) is 0.194. The van der Waals surface area contributed by atoms with E-state index in [-0.39, 0.29) is 11.6 Å². The monoisotopic (exact) mass is 552 g/mol. The molecular formula is C38H30F2N2. The average Bonchev–Trinajstić information content (AvgIpc) is 3.00. The highest BCUT2D eigenvalue weighted by atomic mass is 19.1. The van der Waals surface area contributed by atoms with Crippen LogP contribution in [-0.2, 0) is 0 Å². The van der Waals surface area contributed by atoms with Gasteiger partial charge in [-0.15, -0.1) is 0 Å². The van der Waals surface area contributed by atoms with Crippen molar-refractivity contribution in [2.45, 2.75) is 13.8 Å². The summed E-state index contributed by atoms with van der Waals surface area (Å²) in [5.41, 5.74) is 10.2. The first-order valence-corrected chi connectivity index (χ1v) is 13.9. The second-order valence-corrected chi connectivity index (χ2v) is 10.4. The molecule has 0 heterocycles. The molecule has 0 radical (unpaired) electrons. The minimum absolute atomic E-state index is 0.262. The lowest BCUT2D eigenvalue weighted by atomic mass is 10.0. The lowest BCUT2D eigenvalue weighted by Gasteiger charge is -2.26. The Kier molecular flexibility index (Phi) is 7.52. The number of aryl methyl sites for hydroxylation is 2. The van der Waals surface area contributed by atoms with Crippen LogP contribution >= 0.6 is 0 Å². The molecule has 0 saturated carbocycles. The smallest absolute Gasteiger partial charge is 0.123 e. The molecule has 0 unspecified atom stereocenters. The lowest BCUT2D eigenvalue weighted by Crippen LogP contribution is -2.10. The van der Waals surface area contributed by atoms with Gasteiger partial charge in [0.25, 0.3) is 0 Å². The van der Waals surface area contributed by atoms with Gasteiger partial charge in [0.15, 0.2) is 0 Å². The molecule has 0 fully saturated rings. The topological polar surface area (TPSA) is 6.48 Å². The maximum atomic E-state index is 13.7. The summed E-state index contributed by atoms with van der Waals surface area (Å²) in [6.07, 6.45) is 0. The van der Waals surface area contributed by atoms with E-state index in [9.17, 15) is 8.78 Å². The molecule has 0 atom stereocenters.